The molecule has 9 heteroatoms. The zero-order valence-corrected chi connectivity index (χ0v) is 17.8. The van der Waals surface area contributed by atoms with E-state index in [-0.39, 0.29) is 21.5 Å². The second-order valence-electron chi connectivity index (χ2n) is 6.60. The minimum Gasteiger partial charge on any atom is -0.492 e. The van der Waals surface area contributed by atoms with Crippen LogP contribution in [-0.2, 0) is 0 Å². The molecule has 0 aliphatic carbocycles. The summed E-state index contributed by atoms with van der Waals surface area (Å²) in [5.41, 5.74) is 0.177. The normalized spacial score (nSPS) is 11.3. The number of ether oxygens (including phenoxy) is 1. The van der Waals surface area contributed by atoms with Gasteiger partial charge in [0.2, 0.25) is 0 Å². The summed E-state index contributed by atoms with van der Waals surface area (Å²) in [6.45, 7) is 2.21. The Morgan fingerprint density at radius 2 is 1.90 bits per heavy atom. The highest BCUT2D eigenvalue weighted by molar-refractivity contribution is 7.71. The smallest absolute Gasteiger partial charge is 0.264 e. The van der Waals surface area contributed by atoms with Gasteiger partial charge in [0.05, 0.1) is 23.4 Å². The molecule has 4 rings (SSSR count). The molecular weight excluding hydrogens is 444 g/mol. The van der Waals surface area contributed by atoms with Crippen LogP contribution >= 0.6 is 23.8 Å². The molecule has 0 aliphatic heterocycles. The Balaban J connectivity index is 2.14. The first-order chi connectivity index (χ1) is 14.9. The average Bonchev–Trinajstić information content (AvgIpc) is 2.74. The summed E-state index contributed by atoms with van der Waals surface area (Å²) in [5, 5.41) is 0.274. The van der Waals surface area contributed by atoms with Crippen LogP contribution in [0.15, 0.2) is 59.4 Å². The fourth-order valence-electron chi connectivity index (χ4n) is 3.34. The van der Waals surface area contributed by atoms with E-state index in [1.165, 1.54) is 10.6 Å². The van der Waals surface area contributed by atoms with Gasteiger partial charge in [-0.05, 0) is 49.5 Å². The number of hydrogen-bond donors (Lipinski definition) is 1. The third kappa shape index (κ3) is 3.96. The van der Waals surface area contributed by atoms with Gasteiger partial charge in [0.25, 0.3) is 12.0 Å². The SMILES string of the molecule is CCOc1ccccc1-n1c(=S)[nH]c(=O)c2c(C(F)F)cc(-c3ccc(Cl)cc3)nc21. The summed E-state index contributed by atoms with van der Waals surface area (Å²) in [6.07, 6.45) is -2.90. The van der Waals surface area contributed by atoms with Gasteiger partial charge in [-0.3, -0.25) is 14.3 Å². The number of benzene rings is 2. The van der Waals surface area contributed by atoms with Crippen LogP contribution < -0.4 is 10.3 Å². The Labute approximate surface area is 185 Å². The van der Waals surface area contributed by atoms with E-state index in [4.69, 9.17) is 28.6 Å². The summed E-state index contributed by atoms with van der Waals surface area (Å²) in [5.74, 6) is 0.478. The minimum atomic E-state index is -2.90. The molecule has 1 N–H and O–H groups in total. The molecule has 158 valence electrons. The molecule has 0 bridgehead atoms. The van der Waals surface area contributed by atoms with Crippen molar-refractivity contribution in [2.24, 2.45) is 0 Å². The van der Waals surface area contributed by atoms with E-state index in [1.54, 1.807) is 48.5 Å². The van der Waals surface area contributed by atoms with E-state index in [0.717, 1.165) is 0 Å². The maximum Gasteiger partial charge on any atom is 0.264 e. The monoisotopic (exact) mass is 459 g/mol. The van der Waals surface area contributed by atoms with Gasteiger partial charge in [0, 0.05) is 16.1 Å². The van der Waals surface area contributed by atoms with Crippen molar-refractivity contribution in [3.8, 4) is 22.7 Å². The van der Waals surface area contributed by atoms with Gasteiger partial charge >= 0.3 is 0 Å². The molecule has 2 heterocycles. The van der Waals surface area contributed by atoms with Gasteiger partial charge < -0.3 is 4.74 Å². The zero-order chi connectivity index (χ0) is 22.1. The molecule has 0 saturated carbocycles. The van der Waals surface area contributed by atoms with Crippen LogP contribution in [0.2, 0.25) is 5.02 Å². The van der Waals surface area contributed by atoms with E-state index in [0.29, 0.717) is 28.6 Å². The van der Waals surface area contributed by atoms with Crippen molar-refractivity contribution >= 4 is 34.9 Å². The second-order valence-corrected chi connectivity index (χ2v) is 7.42. The molecule has 0 aliphatic rings. The molecule has 31 heavy (non-hydrogen) atoms. The number of halogens is 3. The van der Waals surface area contributed by atoms with Crippen LogP contribution in [0.25, 0.3) is 28.0 Å². The number of hydrogen-bond acceptors (Lipinski definition) is 4. The number of pyridine rings is 1. The lowest BCUT2D eigenvalue weighted by Gasteiger charge is -2.17. The Morgan fingerprint density at radius 3 is 2.58 bits per heavy atom. The minimum absolute atomic E-state index is 0.0173. The summed E-state index contributed by atoms with van der Waals surface area (Å²) in [4.78, 5) is 19.7. The first kappa shape index (κ1) is 21.1. The summed E-state index contributed by atoms with van der Waals surface area (Å²) in [7, 11) is 0. The molecule has 0 radical (unpaired) electrons. The highest BCUT2D eigenvalue weighted by Gasteiger charge is 2.22. The number of alkyl halides is 2. The van der Waals surface area contributed by atoms with E-state index in [2.05, 4.69) is 9.97 Å². The van der Waals surface area contributed by atoms with Crippen LogP contribution in [0.5, 0.6) is 5.75 Å². The van der Waals surface area contributed by atoms with Crippen molar-refractivity contribution in [1.29, 1.82) is 0 Å². The van der Waals surface area contributed by atoms with E-state index >= 15 is 0 Å². The van der Waals surface area contributed by atoms with E-state index < -0.39 is 17.5 Å². The summed E-state index contributed by atoms with van der Waals surface area (Å²) < 4.78 is 35.2. The molecule has 2 aromatic heterocycles. The predicted octanol–water partition coefficient (Wildman–Crippen LogP) is 6.10. The van der Waals surface area contributed by atoms with Gasteiger partial charge in [0.15, 0.2) is 10.4 Å². The number of rotatable bonds is 5. The van der Waals surface area contributed by atoms with Crippen LogP contribution in [-0.4, -0.2) is 21.1 Å². The average molecular weight is 460 g/mol. The molecular formula is C22H16ClF2N3O2S. The highest BCUT2D eigenvalue weighted by atomic mass is 35.5. The number of fused-ring (bicyclic) bond motifs is 1. The molecule has 0 fully saturated rings. The third-order valence-electron chi connectivity index (χ3n) is 4.67. The quantitative estimate of drug-likeness (QED) is 0.366. The second kappa shape index (κ2) is 8.56. The fourth-order valence-corrected chi connectivity index (χ4v) is 3.74. The topological polar surface area (TPSA) is 59.9 Å². The van der Waals surface area contributed by atoms with Crippen molar-refractivity contribution in [3.63, 3.8) is 0 Å². The lowest BCUT2D eigenvalue weighted by atomic mass is 10.1. The Morgan fingerprint density at radius 1 is 1.19 bits per heavy atom. The maximum absolute atomic E-state index is 14.0. The van der Waals surface area contributed by atoms with Crippen molar-refractivity contribution in [1.82, 2.24) is 14.5 Å². The van der Waals surface area contributed by atoms with E-state index in [9.17, 15) is 13.6 Å². The van der Waals surface area contributed by atoms with Gasteiger partial charge in [0.1, 0.15) is 5.75 Å². The first-order valence-corrected chi connectivity index (χ1v) is 10.2. The summed E-state index contributed by atoms with van der Waals surface area (Å²) >= 11 is 11.3. The van der Waals surface area contributed by atoms with Crippen molar-refractivity contribution in [2.45, 2.75) is 13.3 Å². The largest absolute Gasteiger partial charge is 0.492 e. The number of para-hydroxylation sites is 2. The number of aromatic amines is 1. The molecule has 0 amide bonds. The van der Waals surface area contributed by atoms with Crippen LogP contribution in [0, 0.1) is 4.77 Å². The molecule has 2 aromatic carbocycles. The molecule has 0 saturated heterocycles. The van der Waals surface area contributed by atoms with Crippen molar-refractivity contribution < 1.29 is 13.5 Å². The first-order valence-electron chi connectivity index (χ1n) is 9.37. The number of aromatic nitrogens is 3. The Hall–Kier alpha value is -3.10. The molecule has 4 aromatic rings. The van der Waals surface area contributed by atoms with E-state index in [1.807, 2.05) is 6.92 Å². The van der Waals surface area contributed by atoms with Crippen LogP contribution in [0.1, 0.15) is 18.9 Å². The molecule has 5 nitrogen and oxygen atoms in total. The number of nitrogens with zero attached hydrogens (tertiary/aromatic N) is 2. The van der Waals surface area contributed by atoms with Crippen molar-refractivity contribution in [3.05, 3.63) is 80.3 Å². The summed E-state index contributed by atoms with van der Waals surface area (Å²) in [6, 6.07) is 14.8. The highest BCUT2D eigenvalue weighted by Crippen LogP contribution is 2.32. The number of H-pyrrole nitrogens is 1. The van der Waals surface area contributed by atoms with Gasteiger partial charge in [-0.15, -0.1) is 0 Å². The lowest BCUT2D eigenvalue weighted by molar-refractivity contribution is 0.153. The van der Waals surface area contributed by atoms with Crippen molar-refractivity contribution in [2.75, 3.05) is 6.61 Å². The molecule has 0 spiro atoms. The fraction of sp³-hybridized carbons (Fsp3) is 0.136. The van der Waals surface area contributed by atoms with Gasteiger partial charge in [-0.1, -0.05) is 35.9 Å². The molecule has 0 unspecified atom stereocenters. The van der Waals surface area contributed by atoms with Crippen LogP contribution in [0.4, 0.5) is 8.78 Å². The van der Waals surface area contributed by atoms with Crippen LogP contribution in [0.3, 0.4) is 0 Å². The standard InChI is InChI=1S/C22H16ClF2N3O2S/c1-2-30-17-6-4-3-5-16(17)28-20-18(21(29)27-22(28)31)14(19(24)25)11-15(26-20)12-7-9-13(23)10-8-12/h3-11,19H,2H2,1H3,(H,27,29,31). The Bertz CT molecular complexity index is 1380. The predicted molar refractivity (Wildman–Crippen MR) is 119 cm³/mol. The zero-order valence-electron chi connectivity index (χ0n) is 16.2. The Kier molecular flexibility index (Phi) is 5.84. The molecule has 0 atom stereocenters. The van der Waals surface area contributed by atoms with Gasteiger partial charge in [-0.2, -0.15) is 0 Å². The lowest BCUT2D eigenvalue weighted by Crippen LogP contribution is -2.17. The van der Waals surface area contributed by atoms with Gasteiger partial charge in [-0.25, -0.2) is 13.8 Å². The maximum atomic E-state index is 14.0. The third-order valence-corrected chi connectivity index (χ3v) is 5.21. The number of nitrogens with one attached hydrogen (secondary N) is 1.